The Balaban J connectivity index is 1.73. The molecule has 0 aromatic carbocycles. The average Bonchev–Trinajstić information content (AvgIpc) is 2.52. The fourth-order valence-corrected chi connectivity index (χ4v) is 2.71. The molecule has 112 valence electrons. The van der Waals surface area contributed by atoms with E-state index in [0.29, 0.717) is 24.6 Å². The first-order valence-corrected chi connectivity index (χ1v) is 7.66. The Morgan fingerprint density at radius 3 is 2.80 bits per heavy atom. The van der Waals surface area contributed by atoms with E-state index in [1.54, 1.807) is 13.3 Å². The lowest BCUT2D eigenvalue weighted by molar-refractivity contribution is 0.0104. The van der Waals surface area contributed by atoms with E-state index in [2.05, 4.69) is 17.2 Å². The number of nitrogens with zero attached hydrogens (tertiary/aromatic N) is 1. The molecule has 1 heterocycles. The van der Waals surface area contributed by atoms with Crippen molar-refractivity contribution in [2.75, 3.05) is 13.7 Å². The van der Waals surface area contributed by atoms with Gasteiger partial charge in [0.1, 0.15) is 0 Å². The van der Waals surface area contributed by atoms with Gasteiger partial charge >= 0.3 is 0 Å². The third-order valence-corrected chi connectivity index (χ3v) is 3.88. The van der Waals surface area contributed by atoms with Crippen molar-refractivity contribution >= 4 is 0 Å². The van der Waals surface area contributed by atoms with Crippen molar-refractivity contribution in [3.63, 3.8) is 0 Å². The van der Waals surface area contributed by atoms with Crippen molar-refractivity contribution in [1.82, 2.24) is 10.3 Å². The third-order valence-electron chi connectivity index (χ3n) is 3.88. The van der Waals surface area contributed by atoms with Crippen LogP contribution in [-0.4, -0.2) is 30.8 Å². The number of hydrogen-bond donors (Lipinski definition) is 1. The molecule has 4 heteroatoms. The molecule has 2 rings (SSSR count). The fraction of sp³-hybridized carbons (Fsp3) is 0.688. The highest BCUT2D eigenvalue weighted by Crippen LogP contribution is 2.23. The monoisotopic (exact) mass is 278 g/mol. The lowest BCUT2D eigenvalue weighted by atomic mass is 9.93. The number of rotatable bonds is 7. The van der Waals surface area contributed by atoms with Gasteiger partial charge in [0.25, 0.3) is 0 Å². The molecule has 1 saturated carbocycles. The number of hydrogen-bond acceptors (Lipinski definition) is 4. The van der Waals surface area contributed by atoms with Gasteiger partial charge in [-0.25, -0.2) is 4.98 Å². The maximum absolute atomic E-state index is 6.02. The van der Waals surface area contributed by atoms with E-state index in [0.717, 1.165) is 24.9 Å². The molecule has 0 saturated heterocycles. The van der Waals surface area contributed by atoms with Crippen LogP contribution in [-0.2, 0) is 11.3 Å². The molecule has 0 amide bonds. The van der Waals surface area contributed by atoms with Gasteiger partial charge in [-0.1, -0.05) is 6.92 Å². The summed E-state index contributed by atoms with van der Waals surface area (Å²) in [5.74, 6) is 0.672. The molecule has 0 aliphatic heterocycles. The van der Waals surface area contributed by atoms with E-state index < -0.39 is 0 Å². The van der Waals surface area contributed by atoms with Crippen molar-refractivity contribution in [2.45, 2.75) is 57.8 Å². The van der Waals surface area contributed by atoms with Crippen LogP contribution in [0.25, 0.3) is 0 Å². The maximum atomic E-state index is 6.02. The first-order valence-electron chi connectivity index (χ1n) is 7.66. The van der Waals surface area contributed by atoms with Crippen LogP contribution in [0.3, 0.4) is 0 Å². The zero-order valence-electron chi connectivity index (χ0n) is 12.6. The summed E-state index contributed by atoms with van der Waals surface area (Å²) in [6.07, 6.45) is 8.04. The van der Waals surface area contributed by atoms with Crippen LogP contribution in [0, 0.1) is 0 Å². The fourth-order valence-electron chi connectivity index (χ4n) is 2.71. The van der Waals surface area contributed by atoms with Crippen molar-refractivity contribution in [3.05, 3.63) is 23.9 Å². The summed E-state index contributed by atoms with van der Waals surface area (Å²) in [6, 6.07) is 4.62. The highest BCUT2D eigenvalue weighted by molar-refractivity contribution is 5.24. The molecule has 0 radical (unpaired) electrons. The summed E-state index contributed by atoms with van der Waals surface area (Å²) in [5, 5.41) is 3.60. The van der Waals surface area contributed by atoms with Crippen molar-refractivity contribution in [3.8, 4) is 5.88 Å². The van der Waals surface area contributed by atoms with Crippen molar-refractivity contribution < 1.29 is 9.47 Å². The topological polar surface area (TPSA) is 43.4 Å². The molecule has 1 aromatic rings. The molecular weight excluding hydrogens is 252 g/mol. The highest BCUT2D eigenvalue weighted by atomic mass is 16.5. The van der Waals surface area contributed by atoms with Gasteiger partial charge in [-0.3, -0.25) is 0 Å². The number of pyridine rings is 1. The molecule has 1 aliphatic rings. The first-order chi connectivity index (χ1) is 9.83. The predicted octanol–water partition coefficient (Wildman–Crippen LogP) is 2.92. The smallest absolute Gasteiger partial charge is 0.218 e. The Bertz CT molecular complexity index is 390. The SMILES string of the molecule is CCCNC1CCC(OCc2cccnc2OC)CC1. The summed E-state index contributed by atoms with van der Waals surface area (Å²) >= 11 is 0. The minimum Gasteiger partial charge on any atom is -0.481 e. The van der Waals surface area contributed by atoms with E-state index in [9.17, 15) is 0 Å². The van der Waals surface area contributed by atoms with Crippen molar-refractivity contribution in [1.29, 1.82) is 0 Å². The van der Waals surface area contributed by atoms with Gasteiger partial charge in [0, 0.05) is 17.8 Å². The van der Waals surface area contributed by atoms with E-state index in [1.807, 2.05) is 12.1 Å². The molecule has 0 unspecified atom stereocenters. The predicted molar refractivity (Wildman–Crippen MR) is 79.9 cm³/mol. The van der Waals surface area contributed by atoms with Gasteiger partial charge < -0.3 is 14.8 Å². The Kier molecular flexibility index (Phi) is 6.27. The standard InChI is InChI=1S/C16H26N2O2/c1-3-10-17-14-6-8-15(9-7-14)20-12-13-5-4-11-18-16(13)19-2/h4-5,11,14-15,17H,3,6-10,12H2,1-2H3. The summed E-state index contributed by atoms with van der Waals surface area (Å²) in [7, 11) is 1.65. The van der Waals surface area contributed by atoms with Gasteiger partial charge in [-0.05, 0) is 50.8 Å². The lowest BCUT2D eigenvalue weighted by Crippen LogP contribution is -2.35. The molecule has 1 aliphatic carbocycles. The highest BCUT2D eigenvalue weighted by Gasteiger charge is 2.21. The second-order valence-corrected chi connectivity index (χ2v) is 5.41. The number of nitrogens with one attached hydrogen (secondary N) is 1. The zero-order chi connectivity index (χ0) is 14.2. The molecular formula is C16H26N2O2. The summed E-state index contributed by atoms with van der Waals surface area (Å²) in [6.45, 7) is 3.93. The van der Waals surface area contributed by atoms with Gasteiger partial charge in [0.2, 0.25) is 5.88 Å². The van der Waals surface area contributed by atoms with E-state index in [4.69, 9.17) is 9.47 Å². The van der Waals surface area contributed by atoms with Crippen LogP contribution < -0.4 is 10.1 Å². The van der Waals surface area contributed by atoms with E-state index in [1.165, 1.54) is 19.3 Å². The van der Waals surface area contributed by atoms with Gasteiger partial charge in [-0.15, -0.1) is 0 Å². The van der Waals surface area contributed by atoms with Crippen molar-refractivity contribution in [2.24, 2.45) is 0 Å². The number of methoxy groups -OCH3 is 1. The second kappa shape index (κ2) is 8.22. The zero-order valence-corrected chi connectivity index (χ0v) is 12.6. The van der Waals surface area contributed by atoms with Gasteiger partial charge in [0.05, 0.1) is 19.8 Å². The normalized spacial score (nSPS) is 22.7. The van der Waals surface area contributed by atoms with Gasteiger partial charge in [0.15, 0.2) is 0 Å². The summed E-state index contributed by atoms with van der Waals surface area (Å²) in [4.78, 5) is 4.19. The van der Waals surface area contributed by atoms with Crippen LogP contribution in [0.15, 0.2) is 18.3 Å². The Morgan fingerprint density at radius 2 is 2.10 bits per heavy atom. The van der Waals surface area contributed by atoms with Crippen LogP contribution >= 0.6 is 0 Å². The maximum Gasteiger partial charge on any atom is 0.218 e. The molecule has 1 N–H and O–H groups in total. The molecule has 0 bridgehead atoms. The lowest BCUT2D eigenvalue weighted by Gasteiger charge is -2.29. The Labute approximate surface area is 121 Å². The minimum absolute atomic E-state index is 0.375. The van der Waals surface area contributed by atoms with Crippen LogP contribution in [0.2, 0.25) is 0 Å². The number of aromatic nitrogens is 1. The van der Waals surface area contributed by atoms with E-state index >= 15 is 0 Å². The summed E-state index contributed by atoms with van der Waals surface area (Å²) < 4.78 is 11.3. The van der Waals surface area contributed by atoms with Gasteiger partial charge in [-0.2, -0.15) is 0 Å². The largest absolute Gasteiger partial charge is 0.481 e. The first kappa shape index (κ1) is 15.3. The van der Waals surface area contributed by atoms with E-state index in [-0.39, 0.29) is 0 Å². The number of ether oxygens (including phenoxy) is 2. The quantitative estimate of drug-likeness (QED) is 0.833. The molecule has 0 atom stereocenters. The average molecular weight is 278 g/mol. The molecule has 1 fully saturated rings. The molecule has 4 nitrogen and oxygen atoms in total. The Morgan fingerprint density at radius 1 is 1.30 bits per heavy atom. The van der Waals surface area contributed by atoms with Crippen LogP contribution in [0.1, 0.15) is 44.6 Å². The Hall–Kier alpha value is -1.13. The molecule has 20 heavy (non-hydrogen) atoms. The van der Waals surface area contributed by atoms with Crippen LogP contribution in [0.4, 0.5) is 0 Å². The summed E-state index contributed by atoms with van der Waals surface area (Å²) in [5.41, 5.74) is 1.03. The molecule has 1 aromatic heterocycles. The molecule has 0 spiro atoms. The van der Waals surface area contributed by atoms with Crippen LogP contribution in [0.5, 0.6) is 5.88 Å². The third kappa shape index (κ3) is 4.46. The minimum atomic E-state index is 0.375. The second-order valence-electron chi connectivity index (χ2n) is 5.41.